The van der Waals surface area contributed by atoms with Crippen LogP contribution in [0.3, 0.4) is 0 Å². The fourth-order valence-electron chi connectivity index (χ4n) is 1.95. The summed E-state index contributed by atoms with van der Waals surface area (Å²) in [4.78, 5) is 24.1. The minimum Gasteiger partial charge on any atom is -0.341 e. The largest absolute Gasteiger partial charge is 0.341 e. The van der Waals surface area contributed by atoms with Crippen LogP contribution in [0.15, 0.2) is 48.5 Å². The predicted octanol–water partition coefficient (Wildman–Crippen LogP) is 2.89. The molecule has 114 valence electrons. The predicted molar refractivity (Wildman–Crippen MR) is 83.1 cm³/mol. The van der Waals surface area contributed by atoms with Gasteiger partial charge in [0.25, 0.3) is 5.91 Å². The molecular formula is C17H17FN2O2. The van der Waals surface area contributed by atoms with Gasteiger partial charge in [-0.25, -0.2) is 4.39 Å². The van der Waals surface area contributed by atoms with Crippen molar-refractivity contribution in [2.75, 3.05) is 5.32 Å². The fraction of sp³-hybridized carbons (Fsp3) is 0.176. The van der Waals surface area contributed by atoms with Crippen molar-refractivity contribution >= 4 is 17.5 Å². The number of amides is 2. The molecule has 4 nitrogen and oxygen atoms in total. The van der Waals surface area contributed by atoms with Gasteiger partial charge in [-0.15, -0.1) is 0 Å². The Morgan fingerprint density at radius 2 is 1.82 bits per heavy atom. The molecule has 2 rings (SSSR count). The van der Waals surface area contributed by atoms with E-state index in [0.717, 1.165) is 5.56 Å². The topological polar surface area (TPSA) is 58.2 Å². The van der Waals surface area contributed by atoms with Crippen molar-refractivity contribution in [1.82, 2.24) is 5.32 Å². The van der Waals surface area contributed by atoms with Gasteiger partial charge in [0.05, 0.1) is 0 Å². The molecule has 0 spiro atoms. The number of rotatable bonds is 4. The van der Waals surface area contributed by atoms with Crippen molar-refractivity contribution in [3.8, 4) is 0 Å². The first-order valence-electron chi connectivity index (χ1n) is 6.89. The van der Waals surface area contributed by atoms with Crippen molar-refractivity contribution < 1.29 is 14.0 Å². The minimum absolute atomic E-state index is 0.328. The lowest BCUT2D eigenvalue weighted by molar-refractivity contribution is -0.117. The SMILES string of the molecule is Cc1cccc(C(=O)NC(C)C(=O)Nc2cccc(F)c2)c1. The van der Waals surface area contributed by atoms with Gasteiger partial charge in [-0.05, 0) is 44.2 Å². The van der Waals surface area contributed by atoms with Crippen LogP contribution < -0.4 is 10.6 Å². The maximum atomic E-state index is 13.1. The first-order chi connectivity index (χ1) is 10.5. The van der Waals surface area contributed by atoms with Crippen LogP contribution in [0.25, 0.3) is 0 Å². The minimum atomic E-state index is -0.740. The molecule has 1 unspecified atom stereocenters. The summed E-state index contributed by atoms with van der Waals surface area (Å²) in [5, 5.41) is 5.17. The second-order valence-electron chi connectivity index (χ2n) is 5.06. The van der Waals surface area contributed by atoms with Gasteiger partial charge in [-0.3, -0.25) is 9.59 Å². The lowest BCUT2D eigenvalue weighted by Gasteiger charge is -2.14. The molecule has 0 aliphatic rings. The van der Waals surface area contributed by atoms with Crippen LogP contribution in [-0.2, 0) is 4.79 Å². The van der Waals surface area contributed by atoms with E-state index in [1.165, 1.54) is 18.2 Å². The van der Waals surface area contributed by atoms with E-state index in [1.807, 2.05) is 13.0 Å². The fourth-order valence-corrected chi connectivity index (χ4v) is 1.95. The summed E-state index contributed by atoms with van der Waals surface area (Å²) in [6, 6.07) is 11.9. The van der Waals surface area contributed by atoms with E-state index in [0.29, 0.717) is 11.3 Å². The van der Waals surface area contributed by atoms with E-state index in [2.05, 4.69) is 10.6 Å². The van der Waals surface area contributed by atoms with Gasteiger partial charge in [-0.2, -0.15) is 0 Å². The molecule has 0 saturated carbocycles. The van der Waals surface area contributed by atoms with Crippen molar-refractivity contribution in [3.63, 3.8) is 0 Å². The van der Waals surface area contributed by atoms with E-state index >= 15 is 0 Å². The number of benzene rings is 2. The number of halogens is 1. The summed E-state index contributed by atoms with van der Waals surface area (Å²) in [7, 11) is 0. The first-order valence-corrected chi connectivity index (χ1v) is 6.89. The van der Waals surface area contributed by atoms with Crippen LogP contribution in [0, 0.1) is 12.7 Å². The Hall–Kier alpha value is -2.69. The van der Waals surface area contributed by atoms with Crippen molar-refractivity contribution in [2.24, 2.45) is 0 Å². The average molecular weight is 300 g/mol. The molecule has 0 aromatic heterocycles. The van der Waals surface area contributed by atoms with Gasteiger partial charge in [0.15, 0.2) is 0 Å². The lowest BCUT2D eigenvalue weighted by Crippen LogP contribution is -2.41. The molecule has 2 aromatic carbocycles. The highest BCUT2D eigenvalue weighted by Gasteiger charge is 2.16. The Morgan fingerprint density at radius 3 is 2.50 bits per heavy atom. The first kappa shape index (κ1) is 15.7. The Morgan fingerprint density at radius 1 is 1.09 bits per heavy atom. The van der Waals surface area contributed by atoms with Gasteiger partial charge in [0.1, 0.15) is 11.9 Å². The number of carbonyl (C=O) groups excluding carboxylic acids is 2. The van der Waals surface area contributed by atoms with Crippen molar-refractivity contribution in [2.45, 2.75) is 19.9 Å². The molecule has 0 radical (unpaired) electrons. The van der Waals surface area contributed by atoms with Gasteiger partial charge in [0.2, 0.25) is 5.91 Å². The number of hydrogen-bond acceptors (Lipinski definition) is 2. The molecule has 0 heterocycles. The molecule has 2 N–H and O–H groups in total. The summed E-state index contributed by atoms with van der Waals surface area (Å²) >= 11 is 0. The highest BCUT2D eigenvalue weighted by molar-refractivity contribution is 6.01. The van der Waals surface area contributed by atoms with E-state index in [-0.39, 0.29) is 5.91 Å². The molecule has 0 aliphatic heterocycles. The maximum Gasteiger partial charge on any atom is 0.251 e. The van der Waals surface area contributed by atoms with Crippen LogP contribution in [0.5, 0.6) is 0 Å². The van der Waals surface area contributed by atoms with Gasteiger partial charge in [-0.1, -0.05) is 23.8 Å². The normalized spacial score (nSPS) is 11.6. The highest BCUT2D eigenvalue weighted by Crippen LogP contribution is 2.10. The van der Waals surface area contributed by atoms with Crippen LogP contribution in [0.2, 0.25) is 0 Å². The van der Waals surface area contributed by atoms with E-state index in [9.17, 15) is 14.0 Å². The maximum absolute atomic E-state index is 13.1. The molecule has 2 amide bonds. The third kappa shape index (κ3) is 4.15. The lowest BCUT2D eigenvalue weighted by atomic mass is 10.1. The Kier molecular flexibility index (Phi) is 4.88. The average Bonchev–Trinajstić information content (AvgIpc) is 2.47. The summed E-state index contributed by atoms with van der Waals surface area (Å²) in [5.41, 5.74) is 1.80. The number of anilines is 1. The molecule has 0 saturated heterocycles. The third-order valence-electron chi connectivity index (χ3n) is 3.11. The van der Waals surface area contributed by atoms with Gasteiger partial charge < -0.3 is 10.6 Å². The summed E-state index contributed by atoms with van der Waals surface area (Å²) < 4.78 is 13.1. The highest BCUT2D eigenvalue weighted by atomic mass is 19.1. The molecule has 0 aliphatic carbocycles. The Balaban J connectivity index is 1.98. The Bertz CT molecular complexity index is 701. The second-order valence-corrected chi connectivity index (χ2v) is 5.06. The van der Waals surface area contributed by atoms with Gasteiger partial charge in [0, 0.05) is 11.3 Å². The number of hydrogen-bond donors (Lipinski definition) is 2. The molecule has 0 bridgehead atoms. The smallest absolute Gasteiger partial charge is 0.251 e. The number of carbonyl (C=O) groups is 2. The molecule has 0 fully saturated rings. The zero-order chi connectivity index (χ0) is 16.1. The summed E-state index contributed by atoms with van der Waals surface area (Å²) in [6.07, 6.45) is 0. The monoisotopic (exact) mass is 300 g/mol. The van der Waals surface area contributed by atoms with Gasteiger partial charge >= 0.3 is 0 Å². The molecule has 5 heteroatoms. The molecule has 2 aromatic rings. The van der Waals surface area contributed by atoms with Crippen LogP contribution in [0.4, 0.5) is 10.1 Å². The molecule has 1 atom stereocenters. The van der Waals surface area contributed by atoms with Crippen LogP contribution in [-0.4, -0.2) is 17.9 Å². The van der Waals surface area contributed by atoms with E-state index in [4.69, 9.17) is 0 Å². The summed E-state index contributed by atoms with van der Waals surface area (Å²) in [6.45, 7) is 3.46. The molecular weight excluding hydrogens is 283 g/mol. The Labute approximate surface area is 128 Å². The van der Waals surface area contributed by atoms with E-state index < -0.39 is 17.8 Å². The quantitative estimate of drug-likeness (QED) is 0.912. The number of aryl methyl sites for hydroxylation is 1. The van der Waals surface area contributed by atoms with Crippen LogP contribution in [0.1, 0.15) is 22.8 Å². The van der Waals surface area contributed by atoms with Crippen LogP contribution >= 0.6 is 0 Å². The zero-order valence-corrected chi connectivity index (χ0v) is 12.4. The van der Waals surface area contributed by atoms with Crippen molar-refractivity contribution in [3.05, 3.63) is 65.5 Å². The van der Waals surface area contributed by atoms with Crippen molar-refractivity contribution in [1.29, 1.82) is 0 Å². The summed E-state index contributed by atoms with van der Waals surface area (Å²) in [5.74, 6) is -1.17. The second kappa shape index (κ2) is 6.85. The molecule has 22 heavy (non-hydrogen) atoms. The standard InChI is InChI=1S/C17H17FN2O2/c1-11-5-3-6-13(9-11)17(22)19-12(2)16(21)20-15-8-4-7-14(18)10-15/h3-10,12H,1-2H3,(H,19,22)(H,20,21). The van der Waals surface area contributed by atoms with E-state index in [1.54, 1.807) is 31.2 Å². The third-order valence-corrected chi connectivity index (χ3v) is 3.11. The number of nitrogens with one attached hydrogen (secondary N) is 2. The zero-order valence-electron chi connectivity index (χ0n) is 12.4.